The lowest BCUT2D eigenvalue weighted by Gasteiger charge is -2.06. The molecule has 0 saturated heterocycles. The summed E-state index contributed by atoms with van der Waals surface area (Å²) in [5.74, 6) is -1.51. The Morgan fingerprint density at radius 1 is 0.773 bits per heavy atom. The van der Waals surface area contributed by atoms with Gasteiger partial charge in [0.05, 0.1) is 11.8 Å². The lowest BCUT2D eigenvalue weighted by molar-refractivity contribution is -0.143. The summed E-state index contributed by atoms with van der Waals surface area (Å²) in [6.07, 6.45) is 7.43. The summed E-state index contributed by atoms with van der Waals surface area (Å²) in [6, 6.07) is 0. The normalized spacial score (nSPS) is 12.0. The van der Waals surface area contributed by atoms with E-state index in [1.165, 1.54) is 0 Å². The molecule has 5 nitrogen and oxygen atoms in total. The van der Waals surface area contributed by atoms with Crippen LogP contribution < -0.4 is 0 Å². The molecule has 0 saturated carbocycles. The van der Waals surface area contributed by atoms with Gasteiger partial charge >= 0.3 is 28.6 Å². The van der Waals surface area contributed by atoms with E-state index in [0.29, 0.717) is 16.6 Å². The molecule has 3 N–H and O–H groups in total. The molecule has 2 atom stereocenters. The fourth-order valence-corrected chi connectivity index (χ4v) is 1.91. The Kier molecular flexibility index (Phi) is 24.5. The first-order valence-corrected chi connectivity index (χ1v) is 9.24. The molecule has 0 radical (unpaired) electrons. The van der Waals surface area contributed by atoms with Gasteiger partial charge in [-0.15, -0.1) is 0 Å². The Hall–Kier alpha value is -0.568. The van der Waals surface area contributed by atoms with Crippen LogP contribution in [0.25, 0.3) is 0 Å². The van der Waals surface area contributed by atoms with E-state index in [1.807, 2.05) is 13.8 Å². The van der Waals surface area contributed by atoms with Gasteiger partial charge in [-0.1, -0.05) is 53.4 Å². The molecule has 0 amide bonds. The number of hydrogen-bond donors (Lipinski definition) is 3. The van der Waals surface area contributed by atoms with Crippen LogP contribution in [0.2, 0.25) is 0 Å². The molecule has 0 rings (SSSR count). The van der Waals surface area contributed by atoms with Crippen molar-refractivity contribution in [2.24, 2.45) is 11.8 Å². The van der Waals surface area contributed by atoms with E-state index in [9.17, 15) is 9.59 Å². The quantitative estimate of drug-likeness (QED) is 0.534. The first kappa shape index (κ1) is 26.3. The fraction of sp³-hybridized carbons (Fsp3) is 0.875. The third-order valence-corrected chi connectivity index (χ3v) is 3.50. The molecule has 0 aromatic heterocycles. The lowest BCUT2D eigenvalue weighted by Crippen LogP contribution is -2.11. The van der Waals surface area contributed by atoms with Crippen LogP contribution in [-0.4, -0.2) is 42.9 Å². The standard InChI is InChI=1S/2C8H16O2.Al.H2O.2H/c2*1-3-5-6-7(4-2)8(9)10;;;;/h2*7H,3-6H2,1-2H3,(H,9,10);;1H2;;/q;;+1;;;/p-1. The first-order chi connectivity index (χ1) is 10.4. The Bertz CT molecular complexity index is 233. The molecule has 0 fully saturated rings. The number of rotatable bonds is 10. The third-order valence-electron chi connectivity index (χ3n) is 3.50. The van der Waals surface area contributed by atoms with E-state index >= 15 is 0 Å². The summed E-state index contributed by atoms with van der Waals surface area (Å²) in [6.45, 7) is 8.01. The molecule has 0 aromatic carbocycles. The highest BCUT2D eigenvalue weighted by Crippen LogP contribution is 2.12. The van der Waals surface area contributed by atoms with Crippen LogP contribution in [-0.2, 0) is 9.59 Å². The predicted molar refractivity (Wildman–Crippen MR) is 92.6 cm³/mol. The molecular weight excluding hydrogens is 299 g/mol. The fourth-order valence-electron chi connectivity index (χ4n) is 1.91. The molecule has 0 spiro atoms. The van der Waals surface area contributed by atoms with Crippen molar-refractivity contribution in [1.82, 2.24) is 0 Å². The van der Waals surface area contributed by atoms with Crippen molar-refractivity contribution in [1.29, 1.82) is 0 Å². The highest BCUT2D eigenvalue weighted by Gasteiger charge is 2.13. The maximum absolute atomic E-state index is 10.4. The van der Waals surface area contributed by atoms with Gasteiger partial charge in [0.1, 0.15) is 0 Å². The monoisotopic (exact) mass is 334 g/mol. The van der Waals surface area contributed by atoms with Crippen molar-refractivity contribution in [2.45, 2.75) is 79.1 Å². The SMILES string of the molecule is CCCCC(CC)C(=O)O.CCCCC(CC)C(=O)O.[OH][AlH2]. The molecule has 0 heterocycles. The van der Waals surface area contributed by atoms with Crippen LogP contribution in [0.15, 0.2) is 0 Å². The van der Waals surface area contributed by atoms with Gasteiger partial charge in [-0.25, -0.2) is 0 Å². The summed E-state index contributed by atoms with van der Waals surface area (Å²) < 4.78 is 7.14. The topological polar surface area (TPSA) is 94.8 Å². The van der Waals surface area contributed by atoms with Gasteiger partial charge in [0, 0.05) is 0 Å². The smallest absolute Gasteiger partial charge is 0.407 e. The van der Waals surface area contributed by atoms with E-state index in [-0.39, 0.29) is 11.8 Å². The maximum atomic E-state index is 10.4. The number of unbranched alkanes of at least 4 members (excludes halogenated alkanes) is 2. The minimum Gasteiger partial charge on any atom is -0.521 e. The Morgan fingerprint density at radius 2 is 1.05 bits per heavy atom. The second-order valence-corrected chi connectivity index (χ2v) is 5.17. The third kappa shape index (κ3) is 17.5. The van der Waals surface area contributed by atoms with Gasteiger partial charge in [-0.05, 0) is 25.7 Å². The largest absolute Gasteiger partial charge is 0.521 e. The number of carboxylic acid groups (broad SMARTS) is 2. The molecule has 0 aliphatic heterocycles. The second kappa shape index (κ2) is 20.4. The van der Waals surface area contributed by atoms with Crippen molar-refractivity contribution in [3.05, 3.63) is 0 Å². The zero-order valence-corrected chi connectivity index (χ0v) is 17.0. The van der Waals surface area contributed by atoms with Gasteiger partial charge in [0.25, 0.3) is 0 Å². The Labute approximate surface area is 143 Å². The van der Waals surface area contributed by atoms with Crippen LogP contribution in [0, 0.1) is 11.8 Å². The lowest BCUT2D eigenvalue weighted by atomic mass is 10.00. The number of hydrogen-bond acceptors (Lipinski definition) is 3. The summed E-state index contributed by atoms with van der Waals surface area (Å²) in [5.41, 5.74) is 0. The van der Waals surface area contributed by atoms with Gasteiger partial charge in [0.2, 0.25) is 0 Å². The van der Waals surface area contributed by atoms with E-state index in [0.717, 1.165) is 51.4 Å². The van der Waals surface area contributed by atoms with Crippen molar-refractivity contribution in [3.8, 4) is 0 Å². The van der Waals surface area contributed by atoms with Crippen molar-refractivity contribution in [2.75, 3.05) is 0 Å². The van der Waals surface area contributed by atoms with Crippen LogP contribution >= 0.6 is 0 Å². The molecule has 0 bridgehead atoms. The molecule has 2 unspecified atom stereocenters. The number of carboxylic acids is 2. The second-order valence-electron chi connectivity index (χ2n) is 5.17. The molecule has 22 heavy (non-hydrogen) atoms. The minimum atomic E-state index is -0.643. The van der Waals surface area contributed by atoms with E-state index in [4.69, 9.17) is 14.4 Å². The van der Waals surface area contributed by atoms with Gasteiger partial charge < -0.3 is 14.4 Å². The van der Waals surface area contributed by atoms with Crippen molar-refractivity contribution >= 4 is 28.6 Å². The summed E-state index contributed by atoms with van der Waals surface area (Å²) >= 11 is 0.306. The summed E-state index contributed by atoms with van der Waals surface area (Å²) in [7, 11) is 0. The van der Waals surface area contributed by atoms with Crippen LogP contribution in [0.3, 0.4) is 0 Å². The van der Waals surface area contributed by atoms with Crippen LogP contribution in [0.4, 0.5) is 0 Å². The predicted octanol–water partition coefficient (Wildman–Crippen LogP) is 3.10. The molecule has 132 valence electrons. The Morgan fingerprint density at radius 3 is 1.18 bits per heavy atom. The molecule has 0 aromatic rings. The maximum Gasteiger partial charge on any atom is 0.407 e. The van der Waals surface area contributed by atoms with Gasteiger partial charge in [-0.2, -0.15) is 0 Å². The average Bonchev–Trinajstić information content (AvgIpc) is 2.51. The minimum absolute atomic E-state index is 0.111. The average molecular weight is 334 g/mol. The van der Waals surface area contributed by atoms with Crippen molar-refractivity contribution < 1.29 is 24.0 Å². The number of carbonyl (C=O) groups is 2. The van der Waals surface area contributed by atoms with Gasteiger partial charge in [0.15, 0.2) is 0 Å². The zero-order chi connectivity index (χ0) is 18.0. The van der Waals surface area contributed by atoms with Gasteiger partial charge in [-0.3, -0.25) is 9.59 Å². The summed E-state index contributed by atoms with van der Waals surface area (Å²) in [5, 5.41) is 17.2. The van der Waals surface area contributed by atoms with Crippen molar-refractivity contribution in [3.63, 3.8) is 0 Å². The van der Waals surface area contributed by atoms with Crippen LogP contribution in [0.5, 0.6) is 0 Å². The highest BCUT2D eigenvalue weighted by atomic mass is 27.1. The molecule has 0 aliphatic carbocycles. The van der Waals surface area contributed by atoms with Crippen LogP contribution in [0.1, 0.15) is 79.1 Å². The van der Waals surface area contributed by atoms with E-state index in [1.54, 1.807) is 0 Å². The highest BCUT2D eigenvalue weighted by molar-refractivity contribution is 5.95. The molecule has 0 aliphatic rings. The zero-order valence-electron chi connectivity index (χ0n) is 15.0. The molecular formula is C16H35AlO5. The van der Waals surface area contributed by atoms with E-state index in [2.05, 4.69) is 13.8 Å². The van der Waals surface area contributed by atoms with E-state index < -0.39 is 11.9 Å². The molecule has 6 heteroatoms. The summed E-state index contributed by atoms with van der Waals surface area (Å²) in [4.78, 5) is 20.9. The number of aliphatic carboxylic acids is 2. The first-order valence-electron chi connectivity index (χ1n) is 8.34. The Balaban J connectivity index is -0.000000294.